The van der Waals surface area contributed by atoms with Gasteiger partial charge in [0.2, 0.25) is 0 Å². The molecule has 120 valence electrons. The largest absolute Gasteiger partial charge is 0.490 e. The minimum atomic E-state index is 0. The van der Waals surface area contributed by atoms with Crippen molar-refractivity contribution in [2.75, 3.05) is 26.4 Å². The number of rotatable bonds is 12. The maximum absolute atomic E-state index is 5.51. The third-order valence-electron chi connectivity index (χ3n) is 2.90. The quantitative estimate of drug-likeness (QED) is 0.468. The first-order chi connectivity index (χ1) is 9.86. The molecule has 1 aromatic rings. The van der Waals surface area contributed by atoms with Crippen LogP contribution in [0, 0.1) is 0 Å². The van der Waals surface area contributed by atoms with Crippen LogP contribution in [-0.2, 0) is 11.3 Å². The van der Waals surface area contributed by atoms with Crippen LogP contribution >= 0.6 is 12.4 Å². The molecule has 0 heterocycles. The van der Waals surface area contributed by atoms with E-state index in [1.54, 1.807) is 6.08 Å². The summed E-state index contributed by atoms with van der Waals surface area (Å²) in [5, 5.41) is 3.42. The molecule has 0 spiro atoms. The van der Waals surface area contributed by atoms with Gasteiger partial charge >= 0.3 is 0 Å². The van der Waals surface area contributed by atoms with E-state index in [1.165, 1.54) is 12.0 Å². The molecular weight excluding hydrogens is 286 g/mol. The first-order valence-electron chi connectivity index (χ1n) is 7.48. The number of ether oxygens (including phenoxy) is 2. The van der Waals surface area contributed by atoms with Gasteiger partial charge in [-0.3, -0.25) is 0 Å². The summed E-state index contributed by atoms with van der Waals surface area (Å²) in [5.74, 6) is 0.887. The molecule has 0 aliphatic carbocycles. The zero-order chi connectivity index (χ0) is 14.5. The Hall–Kier alpha value is -1.03. The minimum Gasteiger partial charge on any atom is -0.490 e. The van der Waals surface area contributed by atoms with Gasteiger partial charge in [-0.1, -0.05) is 38.1 Å². The predicted molar refractivity (Wildman–Crippen MR) is 91.4 cm³/mol. The third kappa shape index (κ3) is 10.4. The standard InChI is InChI=1S/C17H27NO2.ClH/c1-3-5-13-19-14-6-11-18-15-16-7-9-17(10-8-16)20-12-4-2;/h4,7-10,18H,2-3,5-6,11-15H2,1H3;1H. The Morgan fingerprint density at radius 2 is 1.86 bits per heavy atom. The Kier molecular flexibility index (Phi) is 13.2. The number of halogens is 1. The summed E-state index contributed by atoms with van der Waals surface area (Å²) in [5.41, 5.74) is 1.27. The Bertz CT molecular complexity index is 354. The van der Waals surface area contributed by atoms with Gasteiger partial charge in [0, 0.05) is 19.8 Å². The minimum absolute atomic E-state index is 0. The molecule has 0 atom stereocenters. The number of benzene rings is 1. The van der Waals surface area contributed by atoms with E-state index in [1.807, 2.05) is 12.1 Å². The Labute approximate surface area is 135 Å². The zero-order valence-corrected chi connectivity index (χ0v) is 13.8. The van der Waals surface area contributed by atoms with Crippen LogP contribution < -0.4 is 10.1 Å². The van der Waals surface area contributed by atoms with Crippen LogP contribution in [0.1, 0.15) is 31.7 Å². The van der Waals surface area contributed by atoms with Crippen LogP contribution in [0.5, 0.6) is 5.75 Å². The second-order valence-corrected chi connectivity index (χ2v) is 4.74. The summed E-state index contributed by atoms with van der Waals surface area (Å²) in [7, 11) is 0. The lowest BCUT2D eigenvalue weighted by Gasteiger charge is -2.07. The molecule has 3 nitrogen and oxygen atoms in total. The number of unbranched alkanes of at least 4 members (excludes halogenated alkanes) is 1. The molecule has 0 unspecified atom stereocenters. The molecule has 4 heteroatoms. The predicted octanol–water partition coefficient (Wildman–Crippen LogP) is 3.97. The van der Waals surface area contributed by atoms with E-state index in [2.05, 4.69) is 31.0 Å². The lowest BCUT2D eigenvalue weighted by Crippen LogP contribution is -2.16. The normalized spacial score (nSPS) is 9.95. The maximum atomic E-state index is 5.51. The van der Waals surface area contributed by atoms with Gasteiger partial charge in [0.05, 0.1) is 0 Å². The Morgan fingerprint density at radius 1 is 1.14 bits per heavy atom. The first kappa shape index (κ1) is 20.0. The number of nitrogens with one attached hydrogen (secondary N) is 1. The lowest BCUT2D eigenvalue weighted by atomic mass is 10.2. The van der Waals surface area contributed by atoms with Gasteiger partial charge in [-0.15, -0.1) is 12.4 Å². The van der Waals surface area contributed by atoms with Gasteiger partial charge in [-0.25, -0.2) is 0 Å². The van der Waals surface area contributed by atoms with E-state index < -0.39 is 0 Å². The molecule has 1 rings (SSSR count). The summed E-state index contributed by atoms with van der Waals surface area (Å²) in [4.78, 5) is 0. The molecule has 1 aromatic carbocycles. The van der Waals surface area contributed by atoms with Crippen molar-refractivity contribution in [2.45, 2.75) is 32.7 Å². The Balaban J connectivity index is 0.00000400. The average Bonchev–Trinajstić information content (AvgIpc) is 2.49. The molecule has 0 saturated carbocycles. The highest BCUT2D eigenvalue weighted by molar-refractivity contribution is 5.85. The second-order valence-electron chi connectivity index (χ2n) is 4.74. The van der Waals surface area contributed by atoms with E-state index >= 15 is 0 Å². The van der Waals surface area contributed by atoms with E-state index in [0.717, 1.165) is 44.9 Å². The molecule has 0 aromatic heterocycles. The Morgan fingerprint density at radius 3 is 2.52 bits per heavy atom. The van der Waals surface area contributed by atoms with Crippen LogP contribution in [-0.4, -0.2) is 26.4 Å². The van der Waals surface area contributed by atoms with E-state index in [0.29, 0.717) is 6.61 Å². The number of hydrogen-bond acceptors (Lipinski definition) is 3. The molecule has 0 aliphatic heterocycles. The van der Waals surface area contributed by atoms with Crippen molar-refractivity contribution < 1.29 is 9.47 Å². The smallest absolute Gasteiger partial charge is 0.119 e. The van der Waals surface area contributed by atoms with Gasteiger partial charge in [0.25, 0.3) is 0 Å². The average molecular weight is 314 g/mol. The van der Waals surface area contributed by atoms with Gasteiger partial charge in [-0.05, 0) is 37.1 Å². The maximum Gasteiger partial charge on any atom is 0.119 e. The summed E-state index contributed by atoms with van der Waals surface area (Å²) >= 11 is 0. The summed E-state index contributed by atoms with van der Waals surface area (Å²) < 4.78 is 11.0. The van der Waals surface area contributed by atoms with Crippen LogP contribution in [0.3, 0.4) is 0 Å². The van der Waals surface area contributed by atoms with Gasteiger partial charge in [0.1, 0.15) is 12.4 Å². The highest BCUT2D eigenvalue weighted by Gasteiger charge is 1.95. The molecular formula is C17H28ClNO2. The molecule has 0 saturated heterocycles. The molecule has 0 bridgehead atoms. The van der Waals surface area contributed by atoms with Crippen LogP contribution in [0.15, 0.2) is 36.9 Å². The number of hydrogen-bond donors (Lipinski definition) is 1. The molecule has 1 N–H and O–H groups in total. The second kappa shape index (κ2) is 13.9. The molecule has 0 fully saturated rings. The van der Waals surface area contributed by atoms with E-state index in [-0.39, 0.29) is 12.4 Å². The highest BCUT2D eigenvalue weighted by atomic mass is 35.5. The van der Waals surface area contributed by atoms with Crippen LogP contribution in [0.25, 0.3) is 0 Å². The fourth-order valence-electron chi connectivity index (χ4n) is 1.74. The molecule has 0 amide bonds. The van der Waals surface area contributed by atoms with Crippen molar-refractivity contribution in [3.05, 3.63) is 42.5 Å². The van der Waals surface area contributed by atoms with Crippen molar-refractivity contribution >= 4 is 12.4 Å². The SMILES string of the molecule is C=CCOc1ccc(CNCCCOCCCC)cc1.Cl. The summed E-state index contributed by atoms with van der Waals surface area (Å²) in [6, 6.07) is 8.16. The lowest BCUT2D eigenvalue weighted by molar-refractivity contribution is 0.129. The topological polar surface area (TPSA) is 30.5 Å². The fraction of sp³-hybridized carbons (Fsp3) is 0.529. The van der Waals surface area contributed by atoms with Crippen molar-refractivity contribution in [3.8, 4) is 5.75 Å². The highest BCUT2D eigenvalue weighted by Crippen LogP contribution is 2.11. The van der Waals surface area contributed by atoms with Crippen LogP contribution in [0.4, 0.5) is 0 Å². The van der Waals surface area contributed by atoms with Crippen molar-refractivity contribution in [1.82, 2.24) is 5.32 Å². The summed E-state index contributed by atoms with van der Waals surface area (Å²) in [6.45, 7) is 9.97. The van der Waals surface area contributed by atoms with Gasteiger partial charge < -0.3 is 14.8 Å². The monoisotopic (exact) mass is 313 g/mol. The van der Waals surface area contributed by atoms with Gasteiger partial charge in [-0.2, -0.15) is 0 Å². The third-order valence-corrected chi connectivity index (χ3v) is 2.90. The van der Waals surface area contributed by atoms with E-state index in [9.17, 15) is 0 Å². The van der Waals surface area contributed by atoms with E-state index in [4.69, 9.17) is 9.47 Å². The van der Waals surface area contributed by atoms with Crippen molar-refractivity contribution in [1.29, 1.82) is 0 Å². The van der Waals surface area contributed by atoms with Crippen LogP contribution in [0.2, 0.25) is 0 Å². The van der Waals surface area contributed by atoms with Gasteiger partial charge in [0.15, 0.2) is 0 Å². The fourth-order valence-corrected chi connectivity index (χ4v) is 1.74. The molecule has 0 radical (unpaired) electrons. The summed E-state index contributed by atoms with van der Waals surface area (Å²) in [6.07, 6.45) is 5.17. The molecule has 21 heavy (non-hydrogen) atoms. The van der Waals surface area contributed by atoms with Crippen molar-refractivity contribution in [2.24, 2.45) is 0 Å². The van der Waals surface area contributed by atoms with Crippen molar-refractivity contribution in [3.63, 3.8) is 0 Å². The zero-order valence-electron chi connectivity index (χ0n) is 13.0. The first-order valence-corrected chi connectivity index (χ1v) is 7.48. The molecule has 0 aliphatic rings.